The average molecular weight is 214 g/mol. The SMILES string of the molecule is C[SH](C)c1c[nH]c2ccc(Cl)cc12. The van der Waals surface area contributed by atoms with Gasteiger partial charge in [-0.2, -0.15) is 0 Å². The van der Waals surface area contributed by atoms with E-state index in [9.17, 15) is 0 Å². The van der Waals surface area contributed by atoms with Crippen LogP contribution in [0.2, 0.25) is 5.02 Å². The Morgan fingerprint density at radius 2 is 2.08 bits per heavy atom. The molecule has 0 bridgehead atoms. The topological polar surface area (TPSA) is 15.8 Å². The van der Waals surface area contributed by atoms with Gasteiger partial charge < -0.3 is 4.98 Å². The monoisotopic (exact) mass is 213 g/mol. The normalized spacial score (nSPS) is 12.1. The molecule has 0 saturated heterocycles. The Morgan fingerprint density at radius 3 is 2.77 bits per heavy atom. The Balaban J connectivity index is 2.71. The molecule has 0 radical (unpaired) electrons. The number of hydrogen-bond donors (Lipinski definition) is 2. The van der Waals surface area contributed by atoms with E-state index >= 15 is 0 Å². The molecule has 0 aliphatic rings. The first kappa shape index (κ1) is 8.97. The standard InChI is InChI=1S/C10H12ClNS/c1-13(2)10-6-12-9-4-3-7(11)5-8(9)10/h3-6,12-13H,1-2H3. The molecule has 70 valence electrons. The largest absolute Gasteiger partial charge is 0.360 e. The number of H-pyrrole nitrogens is 1. The molecule has 1 heterocycles. The number of aromatic amines is 1. The van der Waals surface area contributed by atoms with Gasteiger partial charge in [-0.05, 0) is 30.7 Å². The number of fused-ring (bicyclic) bond motifs is 1. The Kier molecular flexibility index (Phi) is 2.26. The molecule has 0 spiro atoms. The maximum Gasteiger partial charge on any atom is 0.0466 e. The highest BCUT2D eigenvalue weighted by Crippen LogP contribution is 2.35. The van der Waals surface area contributed by atoms with Crippen LogP contribution < -0.4 is 0 Å². The van der Waals surface area contributed by atoms with Gasteiger partial charge in [-0.15, -0.1) is 0 Å². The summed E-state index contributed by atoms with van der Waals surface area (Å²) in [4.78, 5) is 4.65. The second-order valence-electron chi connectivity index (χ2n) is 3.26. The van der Waals surface area contributed by atoms with E-state index in [0.29, 0.717) is 0 Å². The van der Waals surface area contributed by atoms with Crippen molar-refractivity contribution in [2.24, 2.45) is 0 Å². The van der Waals surface area contributed by atoms with Gasteiger partial charge in [-0.25, -0.2) is 10.9 Å². The van der Waals surface area contributed by atoms with Crippen LogP contribution in [0.1, 0.15) is 0 Å². The summed E-state index contributed by atoms with van der Waals surface area (Å²) in [7, 11) is -0.0606. The minimum Gasteiger partial charge on any atom is -0.360 e. The number of hydrogen-bond acceptors (Lipinski definition) is 0. The third kappa shape index (κ3) is 1.56. The van der Waals surface area contributed by atoms with Crippen LogP contribution in [0, 0.1) is 0 Å². The van der Waals surface area contributed by atoms with E-state index in [1.54, 1.807) is 0 Å². The summed E-state index contributed by atoms with van der Waals surface area (Å²) in [5.74, 6) is 0. The first-order valence-electron chi connectivity index (χ1n) is 4.12. The van der Waals surface area contributed by atoms with Crippen molar-refractivity contribution in [3.63, 3.8) is 0 Å². The van der Waals surface area contributed by atoms with Crippen molar-refractivity contribution in [3.05, 3.63) is 29.4 Å². The van der Waals surface area contributed by atoms with E-state index in [4.69, 9.17) is 11.6 Å². The Morgan fingerprint density at radius 1 is 1.31 bits per heavy atom. The van der Waals surface area contributed by atoms with E-state index in [1.807, 2.05) is 18.2 Å². The van der Waals surface area contributed by atoms with Gasteiger partial charge in [0, 0.05) is 27.0 Å². The maximum absolute atomic E-state index is 5.95. The van der Waals surface area contributed by atoms with Crippen LogP contribution in [0.25, 0.3) is 10.9 Å². The summed E-state index contributed by atoms with van der Waals surface area (Å²) in [6, 6.07) is 5.98. The lowest BCUT2D eigenvalue weighted by molar-refractivity contribution is 1.41. The van der Waals surface area contributed by atoms with Crippen molar-refractivity contribution in [1.82, 2.24) is 4.98 Å². The zero-order valence-electron chi connectivity index (χ0n) is 7.63. The smallest absolute Gasteiger partial charge is 0.0466 e. The molecular formula is C10H12ClNS. The summed E-state index contributed by atoms with van der Waals surface area (Å²) >= 11 is 5.95. The van der Waals surface area contributed by atoms with Crippen LogP contribution in [-0.2, 0) is 0 Å². The van der Waals surface area contributed by atoms with E-state index in [0.717, 1.165) is 5.02 Å². The molecule has 1 N–H and O–H groups in total. The van der Waals surface area contributed by atoms with Crippen LogP contribution in [0.3, 0.4) is 0 Å². The number of halogens is 1. The van der Waals surface area contributed by atoms with Crippen LogP contribution in [-0.4, -0.2) is 17.5 Å². The summed E-state index contributed by atoms with van der Waals surface area (Å²) in [5.41, 5.74) is 1.18. The van der Waals surface area contributed by atoms with E-state index in [2.05, 4.69) is 23.7 Å². The quantitative estimate of drug-likeness (QED) is 0.676. The molecular weight excluding hydrogens is 202 g/mol. The zero-order valence-corrected chi connectivity index (χ0v) is 9.28. The first-order chi connectivity index (χ1) is 6.18. The number of nitrogens with one attached hydrogen (secondary N) is 1. The lowest BCUT2D eigenvalue weighted by Gasteiger charge is -2.06. The lowest BCUT2D eigenvalue weighted by atomic mass is 10.2. The fourth-order valence-electron chi connectivity index (χ4n) is 1.45. The molecule has 0 unspecified atom stereocenters. The van der Waals surface area contributed by atoms with E-state index < -0.39 is 0 Å². The van der Waals surface area contributed by atoms with Crippen LogP contribution >= 0.6 is 22.5 Å². The second kappa shape index (κ2) is 3.28. The van der Waals surface area contributed by atoms with Crippen molar-refractivity contribution in [2.75, 3.05) is 12.5 Å². The number of aromatic nitrogens is 1. The summed E-state index contributed by atoms with van der Waals surface area (Å²) in [6.45, 7) is 0. The predicted octanol–water partition coefficient (Wildman–Crippen LogP) is 3.44. The fraction of sp³-hybridized carbons (Fsp3) is 0.200. The van der Waals surface area contributed by atoms with Gasteiger partial charge in [0.2, 0.25) is 0 Å². The van der Waals surface area contributed by atoms with Crippen LogP contribution in [0.15, 0.2) is 29.3 Å². The molecule has 0 aliphatic carbocycles. The van der Waals surface area contributed by atoms with Crippen molar-refractivity contribution in [2.45, 2.75) is 4.90 Å². The highest BCUT2D eigenvalue weighted by Gasteiger charge is 2.04. The van der Waals surface area contributed by atoms with Gasteiger partial charge in [-0.1, -0.05) is 11.6 Å². The van der Waals surface area contributed by atoms with Crippen molar-refractivity contribution in [1.29, 1.82) is 0 Å². The van der Waals surface area contributed by atoms with Gasteiger partial charge in [0.1, 0.15) is 0 Å². The molecule has 1 aromatic carbocycles. The highest BCUT2D eigenvalue weighted by molar-refractivity contribution is 8.16. The van der Waals surface area contributed by atoms with Crippen LogP contribution in [0.5, 0.6) is 0 Å². The Labute approximate surface area is 85.4 Å². The third-order valence-corrected chi connectivity index (χ3v) is 3.67. The molecule has 0 amide bonds. The second-order valence-corrected chi connectivity index (χ2v) is 5.97. The van der Waals surface area contributed by atoms with Gasteiger partial charge in [0.05, 0.1) is 0 Å². The Bertz CT molecular complexity index is 433. The van der Waals surface area contributed by atoms with Crippen molar-refractivity contribution in [3.8, 4) is 0 Å². The first-order valence-corrected chi connectivity index (χ1v) is 6.74. The number of thiol groups is 1. The average Bonchev–Trinajstić information content (AvgIpc) is 2.46. The molecule has 13 heavy (non-hydrogen) atoms. The van der Waals surface area contributed by atoms with Crippen LogP contribution in [0.4, 0.5) is 0 Å². The van der Waals surface area contributed by atoms with Crippen molar-refractivity contribution >= 4 is 33.4 Å². The maximum atomic E-state index is 5.95. The number of benzene rings is 1. The van der Waals surface area contributed by atoms with Crippen molar-refractivity contribution < 1.29 is 0 Å². The minimum atomic E-state index is -0.0606. The summed E-state index contributed by atoms with van der Waals surface area (Å²) in [5, 5.41) is 2.08. The third-order valence-electron chi connectivity index (χ3n) is 2.10. The molecule has 0 atom stereocenters. The predicted molar refractivity (Wildman–Crippen MR) is 62.4 cm³/mol. The fourth-order valence-corrected chi connectivity index (χ4v) is 2.61. The molecule has 0 saturated carbocycles. The van der Waals surface area contributed by atoms with E-state index in [-0.39, 0.29) is 10.9 Å². The summed E-state index contributed by atoms with van der Waals surface area (Å²) in [6.07, 6.45) is 6.59. The zero-order chi connectivity index (χ0) is 9.42. The van der Waals surface area contributed by atoms with Gasteiger partial charge >= 0.3 is 0 Å². The molecule has 0 fully saturated rings. The Hall–Kier alpha value is -0.600. The van der Waals surface area contributed by atoms with E-state index in [1.165, 1.54) is 15.8 Å². The van der Waals surface area contributed by atoms with Gasteiger partial charge in [0.15, 0.2) is 0 Å². The lowest BCUT2D eigenvalue weighted by Crippen LogP contribution is -1.74. The highest BCUT2D eigenvalue weighted by atomic mass is 35.5. The molecule has 0 aliphatic heterocycles. The minimum absolute atomic E-state index is 0.0606. The molecule has 1 nitrogen and oxygen atoms in total. The molecule has 3 heteroatoms. The van der Waals surface area contributed by atoms with Gasteiger partial charge in [0.25, 0.3) is 0 Å². The van der Waals surface area contributed by atoms with Gasteiger partial charge in [-0.3, -0.25) is 0 Å². The number of rotatable bonds is 1. The molecule has 1 aromatic heterocycles. The summed E-state index contributed by atoms with van der Waals surface area (Å²) < 4.78 is 0. The molecule has 2 aromatic rings. The molecule has 2 rings (SSSR count).